The van der Waals surface area contributed by atoms with Crippen molar-refractivity contribution < 1.29 is 4.74 Å². The lowest BCUT2D eigenvalue weighted by Crippen LogP contribution is -2.06. The van der Waals surface area contributed by atoms with Crippen molar-refractivity contribution in [2.24, 2.45) is 21.9 Å². The standard InChI is InChI=1S/C20H24ClN3OS/c1-15(2)10-11-25-19-9-8-18(21)12-17(19)13-23-24-20(22)26-14-16-6-4-3-5-7-16/h3-9,12-13,15H,10-11,14H2,1-2H3,(H2,22,24). The van der Waals surface area contributed by atoms with Gasteiger partial charge in [-0.15, -0.1) is 5.10 Å². The highest BCUT2D eigenvalue weighted by atomic mass is 35.5. The molecule has 0 aromatic heterocycles. The Morgan fingerprint density at radius 3 is 2.73 bits per heavy atom. The third-order valence-electron chi connectivity index (χ3n) is 3.51. The fraction of sp³-hybridized carbons (Fsp3) is 0.300. The lowest BCUT2D eigenvalue weighted by molar-refractivity contribution is 0.289. The highest BCUT2D eigenvalue weighted by molar-refractivity contribution is 8.13. The van der Waals surface area contributed by atoms with Crippen molar-refractivity contribution >= 4 is 34.7 Å². The van der Waals surface area contributed by atoms with Crippen molar-refractivity contribution in [3.63, 3.8) is 0 Å². The topological polar surface area (TPSA) is 60.0 Å². The van der Waals surface area contributed by atoms with Crippen LogP contribution in [0.25, 0.3) is 0 Å². The van der Waals surface area contributed by atoms with E-state index in [1.54, 1.807) is 18.3 Å². The van der Waals surface area contributed by atoms with Crippen LogP contribution in [-0.2, 0) is 5.75 Å². The highest BCUT2D eigenvalue weighted by Crippen LogP contribution is 2.22. The van der Waals surface area contributed by atoms with Gasteiger partial charge in [0.15, 0.2) is 5.17 Å². The van der Waals surface area contributed by atoms with Crippen LogP contribution in [0.15, 0.2) is 58.7 Å². The van der Waals surface area contributed by atoms with Crippen molar-refractivity contribution in [1.29, 1.82) is 0 Å². The Balaban J connectivity index is 1.96. The van der Waals surface area contributed by atoms with Crippen molar-refractivity contribution in [2.75, 3.05) is 6.61 Å². The van der Waals surface area contributed by atoms with E-state index in [4.69, 9.17) is 22.1 Å². The van der Waals surface area contributed by atoms with Crippen LogP contribution in [0.4, 0.5) is 0 Å². The molecular weight excluding hydrogens is 366 g/mol. The van der Waals surface area contributed by atoms with Crippen molar-refractivity contribution in [1.82, 2.24) is 0 Å². The molecule has 0 fully saturated rings. The minimum atomic E-state index is 0.411. The fourth-order valence-corrected chi connectivity index (χ4v) is 2.86. The summed E-state index contributed by atoms with van der Waals surface area (Å²) in [6.07, 6.45) is 2.60. The molecule has 0 aliphatic rings. The van der Waals surface area contributed by atoms with Gasteiger partial charge in [-0.3, -0.25) is 0 Å². The van der Waals surface area contributed by atoms with Crippen molar-refractivity contribution in [3.8, 4) is 5.75 Å². The quantitative estimate of drug-likeness (QED) is 0.376. The molecule has 0 heterocycles. The summed E-state index contributed by atoms with van der Waals surface area (Å²) in [5, 5.41) is 9.15. The van der Waals surface area contributed by atoms with E-state index < -0.39 is 0 Å². The number of benzene rings is 2. The number of thioether (sulfide) groups is 1. The lowest BCUT2D eigenvalue weighted by Gasteiger charge is -2.10. The molecule has 0 radical (unpaired) electrons. The molecule has 2 N–H and O–H groups in total. The van der Waals surface area contributed by atoms with Crippen LogP contribution in [0.2, 0.25) is 5.02 Å². The first-order valence-electron chi connectivity index (χ1n) is 8.50. The van der Waals surface area contributed by atoms with Gasteiger partial charge in [0.2, 0.25) is 0 Å². The second kappa shape index (κ2) is 10.9. The smallest absolute Gasteiger partial charge is 0.180 e. The summed E-state index contributed by atoms with van der Waals surface area (Å²) < 4.78 is 5.83. The van der Waals surface area contributed by atoms with E-state index in [1.165, 1.54) is 17.3 Å². The number of nitrogens with two attached hydrogens (primary N) is 1. The largest absolute Gasteiger partial charge is 0.493 e. The maximum absolute atomic E-state index is 6.08. The van der Waals surface area contributed by atoms with E-state index in [1.807, 2.05) is 24.3 Å². The Kier molecular flexibility index (Phi) is 8.51. The second-order valence-electron chi connectivity index (χ2n) is 6.17. The number of nitrogens with zero attached hydrogens (tertiary/aromatic N) is 2. The molecule has 6 heteroatoms. The van der Waals surface area contributed by atoms with Gasteiger partial charge in [-0.25, -0.2) is 0 Å². The first kappa shape index (κ1) is 20.3. The van der Waals surface area contributed by atoms with E-state index in [-0.39, 0.29) is 0 Å². The normalized spacial score (nSPS) is 12.1. The summed E-state index contributed by atoms with van der Waals surface area (Å²) in [5.74, 6) is 2.09. The molecule has 2 aromatic rings. The molecule has 0 saturated carbocycles. The molecule has 0 aliphatic heterocycles. The van der Waals surface area contributed by atoms with E-state index in [0.29, 0.717) is 22.7 Å². The fourth-order valence-electron chi connectivity index (χ4n) is 2.06. The Morgan fingerprint density at radius 1 is 1.23 bits per heavy atom. The third kappa shape index (κ3) is 7.50. The van der Waals surface area contributed by atoms with Crippen LogP contribution in [0, 0.1) is 5.92 Å². The molecule has 4 nitrogen and oxygen atoms in total. The zero-order valence-corrected chi connectivity index (χ0v) is 16.6. The SMILES string of the molecule is CC(C)CCOc1ccc(Cl)cc1C=NN=C(N)SCc1ccccc1. The molecule has 2 rings (SSSR count). The monoisotopic (exact) mass is 389 g/mol. The van der Waals surface area contributed by atoms with E-state index in [2.05, 4.69) is 36.2 Å². The predicted molar refractivity (Wildman–Crippen MR) is 113 cm³/mol. The van der Waals surface area contributed by atoms with Crippen LogP contribution in [0.3, 0.4) is 0 Å². The number of ether oxygens (including phenoxy) is 1. The summed E-state index contributed by atoms with van der Waals surface area (Å²) in [5.41, 5.74) is 7.88. The van der Waals surface area contributed by atoms with E-state index in [9.17, 15) is 0 Å². The first-order chi connectivity index (χ1) is 12.5. The average Bonchev–Trinajstić information content (AvgIpc) is 2.62. The van der Waals surface area contributed by atoms with Gasteiger partial charge in [-0.1, -0.05) is 67.5 Å². The van der Waals surface area contributed by atoms with E-state index >= 15 is 0 Å². The summed E-state index contributed by atoms with van der Waals surface area (Å²) >= 11 is 7.52. The minimum Gasteiger partial charge on any atom is -0.493 e. The second-order valence-corrected chi connectivity index (χ2v) is 7.60. The Bertz CT molecular complexity index is 748. The Labute approximate surface area is 164 Å². The van der Waals surface area contributed by atoms with Crippen LogP contribution in [0.1, 0.15) is 31.4 Å². The number of halogens is 1. The molecule has 0 bridgehead atoms. The Morgan fingerprint density at radius 2 is 2.00 bits per heavy atom. The first-order valence-corrected chi connectivity index (χ1v) is 9.86. The molecular formula is C20H24ClN3OS. The number of rotatable bonds is 8. The zero-order chi connectivity index (χ0) is 18.8. The summed E-state index contributed by atoms with van der Waals surface area (Å²) in [6, 6.07) is 15.5. The molecule has 0 atom stereocenters. The molecule has 2 aromatic carbocycles. The molecule has 0 unspecified atom stereocenters. The van der Waals surface area contributed by atoms with Gasteiger partial charge < -0.3 is 10.5 Å². The zero-order valence-electron chi connectivity index (χ0n) is 15.1. The number of amidine groups is 1. The van der Waals surface area contributed by atoms with E-state index in [0.717, 1.165) is 23.5 Å². The van der Waals surface area contributed by atoms with Crippen molar-refractivity contribution in [2.45, 2.75) is 26.0 Å². The molecule has 138 valence electrons. The van der Waals surface area contributed by atoms with Gasteiger partial charge in [-0.2, -0.15) is 5.10 Å². The molecule has 0 saturated heterocycles. The van der Waals surface area contributed by atoms with Gasteiger partial charge in [0, 0.05) is 16.3 Å². The molecule has 0 spiro atoms. The average molecular weight is 390 g/mol. The molecule has 26 heavy (non-hydrogen) atoms. The highest BCUT2D eigenvalue weighted by Gasteiger charge is 2.04. The number of hydrogen-bond donors (Lipinski definition) is 1. The van der Waals surface area contributed by atoms with Gasteiger partial charge >= 0.3 is 0 Å². The van der Waals surface area contributed by atoms with Crippen LogP contribution >= 0.6 is 23.4 Å². The number of hydrogen-bond acceptors (Lipinski definition) is 4. The maximum Gasteiger partial charge on any atom is 0.180 e. The Hall–Kier alpha value is -1.98. The van der Waals surface area contributed by atoms with Crippen LogP contribution in [0.5, 0.6) is 5.75 Å². The van der Waals surface area contributed by atoms with Gasteiger partial charge in [0.1, 0.15) is 5.75 Å². The van der Waals surface area contributed by atoms with Gasteiger partial charge in [-0.05, 0) is 36.1 Å². The molecule has 0 aliphatic carbocycles. The van der Waals surface area contributed by atoms with Crippen LogP contribution < -0.4 is 10.5 Å². The van der Waals surface area contributed by atoms with Crippen molar-refractivity contribution in [3.05, 3.63) is 64.7 Å². The van der Waals surface area contributed by atoms with Crippen LogP contribution in [-0.4, -0.2) is 18.0 Å². The molecule has 0 amide bonds. The summed E-state index contributed by atoms with van der Waals surface area (Å²) in [4.78, 5) is 0. The summed E-state index contributed by atoms with van der Waals surface area (Å²) in [7, 11) is 0. The summed E-state index contributed by atoms with van der Waals surface area (Å²) in [6.45, 7) is 4.98. The predicted octanol–water partition coefficient (Wildman–Crippen LogP) is 5.35. The van der Waals surface area contributed by atoms with Gasteiger partial charge in [0.05, 0.1) is 12.8 Å². The minimum absolute atomic E-state index is 0.411. The van der Waals surface area contributed by atoms with Gasteiger partial charge in [0.25, 0.3) is 0 Å². The third-order valence-corrected chi connectivity index (χ3v) is 4.60. The lowest BCUT2D eigenvalue weighted by atomic mass is 10.1. The maximum atomic E-state index is 6.08.